The Kier molecular flexibility index (Phi) is 4.76. The van der Waals surface area contributed by atoms with Gasteiger partial charge in [-0.25, -0.2) is 14.2 Å². The molecule has 1 aromatic rings. The number of aryl methyl sites for hydroxylation is 1. The molecule has 0 radical (unpaired) electrons. The summed E-state index contributed by atoms with van der Waals surface area (Å²) < 4.78 is 34.3. The molecule has 0 amide bonds. The van der Waals surface area contributed by atoms with Crippen LogP contribution in [0.2, 0.25) is 0 Å². The first kappa shape index (κ1) is 18.0. The first-order valence-electron chi connectivity index (χ1n) is 8.34. The summed E-state index contributed by atoms with van der Waals surface area (Å²) >= 11 is 0. The molecular weight excluding hydrogens is 338 g/mol. The van der Waals surface area contributed by atoms with Crippen LogP contribution in [0, 0.1) is 18.7 Å². The van der Waals surface area contributed by atoms with Crippen molar-refractivity contribution >= 4 is 17.3 Å². The van der Waals surface area contributed by atoms with Gasteiger partial charge in [0.05, 0.1) is 7.11 Å². The van der Waals surface area contributed by atoms with Crippen molar-refractivity contribution in [1.29, 1.82) is 0 Å². The number of allylic oxidation sites excluding steroid dienone is 2. The first-order valence-corrected chi connectivity index (χ1v) is 8.34. The van der Waals surface area contributed by atoms with Crippen LogP contribution >= 0.6 is 0 Å². The van der Waals surface area contributed by atoms with Gasteiger partial charge in [-0.3, -0.25) is 4.90 Å². The highest BCUT2D eigenvalue weighted by Crippen LogP contribution is 2.43. The van der Waals surface area contributed by atoms with Crippen LogP contribution in [-0.2, 0) is 9.53 Å². The third-order valence-electron chi connectivity index (χ3n) is 4.47. The Morgan fingerprint density at radius 3 is 2.65 bits per heavy atom. The summed E-state index contributed by atoms with van der Waals surface area (Å²) in [6, 6.07) is 4.64. The Bertz CT molecular complexity index is 880. The van der Waals surface area contributed by atoms with Gasteiger partial charge >= 0.3 is 5.97 Å². The molecule has 0 atom stereocenters. The molecule has 1 saturated carbocycles. The van der Waals surface area contributed by atoms with E-state index in [1.54, 1.807) is 19.1 Å². The van der Waals surface area contributed by atoms with E-state index in [2.05, 4.69) is 11.6 Å². The number of carbonyl (C=O) groups is 1. The van der Waals surface area contributed by atoms with Crippen LogP contribution in [0.5, 0.6) is 0 Å². The predicted octanol–water partition coefficient (Wildman–Crippen LogP) is 4.49. The highest BCUT2D eigenvalue weighted by molar-refractivity contribution is 6.41. The lowest BCUT2D eigenvalue weighted by Crippen LogP contribution is -2.28. The number of hydrogen-bond donors (Lipinski definition) is 0. The number of hydrogen-bond acceptors (Lipinski definition) is 4. The number of benzene rings is 1. The maximum absolute atomic E-state index is 15.3. The van der Waals surface area contributed by atoms with Gasteiger partial charge < -0.3 is 4.74 Å². The number of esters is 1. The Balaban J connectivity index is 2.04. The molecule has 0 N–H and O–H groups in total. The summed E-state index contributed by atoms with van der Waals surface area (Å²) in [6.45, 7) is 7.06. The van der Waals surface area contributed by atoms with Crippen LogP contribution < -0.4 is 0 Å². The van der Waals surface area contributed by atoms with E-state index in [0.717, 1.165) is 18.4 Å². The van der Waals surface area contributed by atoms with Crippen molar-refractivity contribution < 1.29 is 18.3 Å². The number of halogens is 2. The SMILES string of the molecule is C=C1N=C(C(=O)OC)C=C(C2CC2)N1/C(F)=C(\C)c1ccc(C)cc1F. The zero-order valence-electron chi connectivity index (χ0n) is 15.0. The number of aliphatic imine (C=N–C) groups is 1. The summed E-state index contributed by atoms with van der Waals surface area (Å²) in [5.41, 5.74) is 1.76. The van der Waals surface area contributed by atoms with E-state index in [0.29, 0.717) is 5.70 Å². The number of carbonyl (C=O) groups excluding carboxylic acids is 1. The second kappa shape index (κ2) is 6.86. The fourth-order valence-corrected chi connectivity index (χ4v) is 2.89. The molecule has 1 heterocycles. The summed E-state index contributed by atoms with van der Waals surface area (Å²) in [4.78, 5) is 17.1. The van der Waals surface area contributed by atoms with Gasteiger partial charge in [0.25, 0.3) is 0 Å². The van der Waals surface area contributed by atoms with Gasteiger partial charge in [0.15, 0.2) is 5.71 Å². The molecule has 1 aliphatic carbocycles. The molecule has 0 aromatic heterocycles. The van der Waals surface area contributed by atoms with Gasteiger partial charge in [0.1, 0.15) is 11.6 Å². The summed E-state index contributed by atoms with van der Waals surface area (Å²) in [5.74, 6) is -1.56. The van der Waals surface area contributed by atoms with Gasteiger partial charge in [-0.2, -0.15) is 4.39 Å². The van der Waals surface area contributed by atoms with Gasteiger partial charge in [-0.15, -0.1) is 0 Å². The molecule has 1 aliphatic heterocycles. The van der Waals surface area contributed by atoms with Crippen LogP contribution in [-0.4, -0.2) is 23.7 Å². The van der Waals surface area contributed by atoms with Gasteiger partial charge in [0, 0.05) is 16.8 Å². The van der Waals surface area contributed by atoms with E-state index in [1.165, 1.54) is 31.1 Å². The molecule has 136 valence electrons. The van der Waals surface area contributed by atoms with E-state index in [-0.39, 0.29) is 28.6 Å². The lowest BCUT2D eigenvalue weighted by Gasteiger charge is -2.29. The highest BCUT2D eigenvalue weighted by Gasteiger charge is 2.36. The molecule has 26 heavy (non-hydrogen) atoms. The summed E-state index contributed by atoms with van der Waals surface area (Å²) in [6.07, 6.45) is 3.29. The summed E-state index contributed by atoms with van der Waals surface area (Å²) in [7, 11) is 1.26. The molecule has 1 fully saturated rings. The standard InChI is InChI=1S/C20H20F2N2O2/c1-11-5-8-15(16(21)9-11)12(2)19(22)24-13(3)23-17(20(25)26-4)10-18(24)14-6-7-14/h5,8-10,14H,3,6-7H2,1-2,4H3/b19-12+. The van der Waals surface area contributed by atoms with Crippen LogP contribution in [0.25, 0.3) is 5.57 Å². The molecule has 0 unspecified atom stereocenters. The molecule has 1 aromatic carbocycles. The number of nitrogens with zero attached hydrogens (tertiary/aromatic N) is 2. The largest absolute Gasteiger partial charge is 0.464 e. The maximum Gasteiger partial charge on any atom is 0.356 e. The molecule has 2 aliphatic rings. The number of rotatable bonds is 4. The number of ether oxygens (including phenoxy) is 1. The average Bonchev–Trinajstić information content (AvgIpc) is 3.44. The van der Waals surface area contributed by atoms with E-state index in [1.807, 2.05) is 0 Å². The lowest BCUT2D eigenvalue weighted by molar-refractivity contribution is -0.132. The van der Waals surface area contributed by atoms with Crippen molar-refractivity contribution in [2.24, 2.45) is 10.9 Å². The van der Waals surface area contributed by atoms with Crippen molar-refractivity contribution in [3.05, 3.63) is 65.3 Å². The van der Waals surface area contributed by atoms with Crippen molar-refractivity contribution in [2.45, 2.75) is 26.7 Å². The van der Waals surface area contributed by atoms with Crippen LogP contribution in [0.15, 0.2) is 53.3 Å². The molecule has 0 saturated heterocycles. The molecular formula is C20H20F2N2O2. The third-order valence-corrected chi connectivity index (χ3v) is 4.47. The monoisotopic (exact) mass is 358 g/mol. The second-order valence-electron chi connectivity index (χ2n) is 6.48. The first-order chi connectivity index (χ1) is 12.3. The van der Waals surface area contributed by atoms with Gasteiger partial charge in [-0.1, -0.05) is 18.7 Å². The topological polar surface area (TPSA) is 41.9 Å². The molecule has 6 heteroatoms. The van der Waals surface area contributed by atoms with Crippen molar-refractivity contribution in [1.82, 2.24) is 4.90 Å². The van der Waals surface area contributed by atoms with Gasteiger partial charge in [0.2, 0.25) is 5.95 Å². The smallest absolute Gasteiger partial charge is 0.356 e. The van der Waals surface area contributed by atoms with Crippen LogP contribution in [0.3, 0.4) is 0 Å². The Hall–Kier alpha value is -2.76. The summed E-state index contributed by atoms with van der Waals surface area (Å²) in [5, 5.41) is 0. The minimum absolute atomic E-state index is 0.0687. The maximum atomic E-state index is 15.3. The Labute approximate surface area is 151 Å². The molecule has 0 spiro atoms. The van der Waals surface area contributed by atoms with E-state index in [9.17, 15) is 9.18 Å². The third kappa shape index (κ3) is 3.31. The average molecular weight is 358 g/mol. The van der Waals surface area contributed by atoms with Crippen LogP contribution in [0.1, 0.15) is 30.9 Å². The quantitative estimate of drug-likeness (QED) is 0.588. The highest BCUT2D eigenvalue weighted by atomic mass is 19.1. The molecule has 4 nitrogen and oxygen atoms in total. The Morgan fingerprint density at radius 2 is 2.08 bits per heavy atom. The fraction of sp³-hybridized carbons (Fsp3) is 0.300. The van der Waals surface area contributed by atoms with Crippen molar-refractivity contribution in [2.75, 3.05) is 7.11 Å². The zero-order chi connectivity index (χ0) is 19.0. The minimum atomic E-state index is -0.649. The van der Waals surface area contributed by atoms with Crippen LogP contribution in [0.4, 0.5) is 8.78 Å². The normalized spacial score (nSPS) is 18.2. The predicted molar refractivity (Wildman–Crippen MR) is 96.1 cm³/mol. The lowest BCUT2D eigenvalue weighted by atomic mass is 10.0. The fourth-order valence-electron chi connectivity index (χ4n) is 2.89. The van der Waals surface area contributed by atoms with E-state index in [4.69, 9.17) is 4.74 Å². The Morgan fingerprint density at radius 1 is 1.38 bits per heavy atom. The second-order valence-corrected chi connectivity index (χ2v) is 6.48. The van der Waals surface area contributed by atoms with Gasteiger partial charge in [-0.05, 0) is 50.3 Å². The number of methoxy groups -OCH3 is 1. The van der Waals surface area contributed by atoms with E-state index >= 15 is 4.39 Å². The zero-order valence-corrected chi connectivity index (χ0v) is 15.0. The van der Waals surface area contributed by atoms with Crippen molar-refractivity contribution in [3.8, 4) is 0 Å². The molecule has 3 rings (SSSR count). The van der Waals surface area contributed by atoms with Crippen molar-refractivity contribution in [3.63, 3.8) is 0 Å². The minimum Gasteiger partial charge on any atom is -0.464 e. The molecule has 0 bridgehead atoms. The van der Waals surface area contributed by atoms with E-state index < -0.39 is 17.7 Å².